The van der Waals surface area contributed by atoms with Gasteiger partial charge in [0.15, 0.2) is 12.4 Å². The molecule has 1 N–H and O–H groups in total. The fourth-order valence-electron chi connectivity index (χ4n) is 1.99. The van der Waals surface area contributed by atoms with Gasteiger partial charge in [-0.1, -0.05) is 46.4 Å². The molecule has 0 radical (unpaired) electrons. The van der Waals surface area contributed by atoms with Gasteiger partial charge >= 0.3 is 0 Å². The van der Waals surface area contributed by atoms with Gasteiger partial charge in [0.25, 0.3) is 0 Å². The van der Waals surface area contributed by atoms with Crippen LogP contribution in [0.15, 0.2) is 34.7 Å². The summed E-state index contributed by atoms with van der Waals surface area (Å²) in [6.07, 6.45) is 5.65. The molecule has 1 rings (SSSR count). The van der Waals surface area contributed by atoms with Crippen molar-refractivity contribution in [2.24, 2.45) is 0 Å². The molecule has 0 saturated carbocycles. The second kappa shape index (κ2) is 15.4. The molecule has 1 aromatic carbocycles. The van der Waals surface area contributed by atoms with Gasteiger partial charge in [-0.25, -0.2) is 0 Å². The first kappa shape index (κ1) is 25.5. The molecule has 0 aromatic heterocycles. The fourth-order valence-corrected chi connectivity index (χ4v) is 2.69. The Morgan fingerprint density at radius 2 is 1.79 bits per heavy atom. The molecule has 0 unspecified atom stereocenters. The number of nitriles is 1. The number of benzene rings is 1. The van der Waals surface area contributed by atoms with E-state index < -0.39 is 0 Å². The molecule has 0 heterocycles. The summed E-state index contributed by atoms with van der Waals surface area (Å²) >= 11 is 23.5. The molecule has 0 bridgehead atoms. The van der Waals surface area contributed by atoms with Gasteiger partial charge in [-0.15, -0.1) is 0 Å². The van der Waals surface area contributed by atoms with Crippen LogP contribution >= 0.6 is 46.4 Å². The Morgan fingerprint density at radius 1 is 1.10 bits per heavy atom. The van der Waals surface area contributed by atoms with Crippen LogP contribution in [0.2, 0.25) is 10.0 Å². The highest BCUT2D eigenvalue weighted by atomic mass is 35.5. The summed E-state index contributed by atoms with van der Waals surface area (Å²) in [5.74, 6) is 0.913. The highest BCUT2D eigenvalue weighted by Crippen LogP contribution is 2.37. The molecule has 6 nitrogen and oxygen atoms in total. The lowest BCUT2D eigenvalue weighted by Gasteiger charge is -2.12. The number of nitrogens with zero attached hydrogens (tertiary/aromatic N) is 1. The minimum absolute atomic E-state index is 0.0325. The smallest absolute Gasteiger partial charge is 0.161 e. The summed E-state index contributed by atoms with van der Waals surface area (Å²) in [6, 6.07) is 5.10. The summed E-state index contributed by atoms with van der Waals surface area (Å²) in [4.78, 5) is 4.83. The van der Waals surface area contributed by atoms with Gasteiger partial charge in [0, 0.05) is 12.1 Å². The second-order valence-electron chi connectivity index (χ2n) is 5.65. The van der Waals surface area contributed by atoms with Crippen molar-refractivity contribution in [2.45, 2.75) is 26.2 Å². The normalized spacial score (nSPS) is 10.8. The minimum atomic E-state index is -0.0325. The van der Waals surface area contributed by atoms with E-state index in [0.29, 0.717) is 40.5 Å². The third-order valence-electron chi connectivity index (χ3n) is 3.24. The van der Waals surface area contributed by atoms with E-state index in [2.05, 4.69) is 5.48 Å². The van der Waals surface area contributed by atoms with E-state index in [0.717, 1.165) is 19.3 Å². The number of halogens is 4. The van der Waals surface area contributed by atoms with Crippen LogP contribution in [0.1, 0.15) is 26.2 Å². The average Bonchev–Trinajstić information content (AvgIpc) is 2.65. The highest BCUT2D eigenvalue weighted by molar-refractivity contribution is 6.55. The number of rotatable bonds is 14. The molecule has 10 heteroatoms. The van der Waals surface area contributed by atoms with Gasteiger partial charge in [-0.2, -0.15) is 5.26 Å². The number of unbranched alkanes of at least 4 members (excludes halogenated alkanes) is 2. The zero-order valence-electron chi connectivity index (χ0n) is 15.9. The Bertz CT molecular complexity index is 708. The number of hydrogen-bond donors (Lipinski definition) is 1. The van der Waals surface area contributed by atoms with Crippen LogP contribution in [-0.2, 0) is 9.57 Å². The van der Waals surface area contributed by atoms with Crippen molar-refractivity contribution in [3.8, 4) is 17.6 Å². The number of hydrogen-bond acceptors (Lipinski definition) is 6. The first-order chi connectivity index (χ1) is 13.9. The van der Waals surface area contributed by atoms with Gasteiger partial charge in [-0.3, -0.25) is 10.3 Å². The summed E-state index contributed by atoms with van der Waals surface area (Å²) in [6.45, 7) is 2.98. The van der Waals surface area contributed by atoms with Crippen LogP contribution in [0.3, 0.4) is 0 Å². The van der Waals surface area contributed by atoms with Gasteiger partial charge in [0.05, 0.1) is 35.0 Å². The molecule has 0 amide bonds. The van der Waals surface area contributed by atoms with Crippen molar-refractivity contribution in [2.75, 3.05) is 26.4 Å². The predicted molar refractivity (Wildman–Crippen MR) is 116 cm³/mol. The van der Waals surface area contributed by atoms with Crippen molar-refractivity contribution in [3.05, 3.63) is 44.7 Å². The molecule has 0 aliphatic rings. The zero-order valence-corrected chi connectivity index (χ0v) is 18.9. The molecule has 0 aliphatic heterocycles. The third-order valence-corrected chi connectivity index (χ3v) is 4.11. The van der Waals surface area contributed by atoms with Crippen LogP contribution in [0.4, 0.5) is 0 Å². The van der Waals surface area contributed by atoms with E-state index in [1.54, 1.807) is 25.3 Å². The van der Waals surface area contributed by atoms with E-state index in [4.69, 9.17) is 70.7 Å². The molecular formula is C19H22Cl4N2O4. The number of nitrogens with one attached hydrogen (secondary N) is 1. The Hall–Kier alpha value is -1.49. The van der Waals surface area contributed by atoms with Gasteiger partial charge in [0.1, 0.15) is 23.1 Å². The molecule has 0 aliphatic carbocycles. The topological polar surface area (TPSA) is 72.7 Å². The molecule has 0 spiro atoms. The molecule has 0 saturated heterocycles. The second-order valence-corrected chi connectivity index (χ2v) is 7.47. The van der Waals surface area contributed by atoms with E-state index in [1.165, 1.54) is 6.08 Å². The lowest BCUT2D eigenvalue weighted by molar-refractivity contribution is 0.0850. The van der Waals surface area contributed by atoms with Crippen LogP contribution in [0.25, 0.3) is 0 Å². The number of ether oxygens (including phenoxy) is 3. The Balaban J connectivity index is 2.25. The maximum atomic E-state index is 8.35. The van der Waals surface area contributed by atoms with Gasteiger partial charge in [-0.05, 0) is 32.3 Å². The summed E-state index contributed by atoms with van der Waals surface area (Å²) < 4.78 is 16.6. The zero-order chi connectivity index (χ0) is 21.5. The van der Waals surface area contributed by atoms with Gasteiger partial charge in [0.2, 0.25) is 0 Å². The molecule has 29 heavy (non-hydrogen) atoms. The Kier molecular flexibility index (Phi) is 13.5. The van der Waals surface area contributed by atoms with Crippen LogP contribution < -0.4 is 15.0 Å². The SMILES string of the molecule is CC(=COCCCCCOc1c(Cl)cc(OCC=C(Cl)Cl)cc1Cl)NOCC#N. The third kappa shape index (κ3) is 11.9. The van der Waals surface area contributed by atoms with Crippen molar-refractivity contribution >= 4 is 46.4 Å². The monoisotopic (exact) mass is 482 g/mol. The minimum Gasteiger partial charge on any atom is -0.499 e. The van der Waals surface area contributed by atoms with E-state index >= 15 is 0 Å². The van der Waals surface area contributed by atoms with E-state index in [9.17, 15) is 0 Å². The first-order valence-electron chi connectivity index (χ1n) is 8.73. The lowest BCUT2D eigenvalue weighted by Crippen LogP contribution is -2.12. The fraction of sp³-hybridized carbons (Fsp3) is 0.421. The maximum absolute atomic E-state index is 8.35. The van der Waals surface area contributed by atoms with E-state index in [-0.39, 0.29) is 17.7 Å². The summed E-state index contributed by atoms with van der Waals surface area (Å²) in [5, 5.41) is 9.08. The highest BCUT2D eigenvalue weighted by Gasteiger charge is 2.10. The maximum Gasteiger partial charge on any atom is 0.161 e. The Morgan fingerprint density at radius 3 is 2.45 bits per heavy atom. The molecule has 160 valence electrons. The summed E-state index contributed by atoms with van der Waals surface area (Å²) in [7, 11) is 0. The molecular weight excluding hydrogens is 462 g/mol. The van der Waals surface area contributed by atoms with Crippen LogP contribution in [-0.4, -0.2) is 26.4 Å². The van der Waals surface area contributed by atoms with Crippen LogP contribution in [0, 0.1) is 11.3 Å². The van der Waals surface area contributed by atoms with Crippen LogP contribution in [0.5, 0.6) is 11.5 Å². The molecule has 0 atom stereocenters. The number of allylic oxidation sites excluding steroid dienone is 1. The number of hydroxylamine groups is 1. The Labute approximate surface area is 190 Å². The molecule has 1 aromatic rings. The van der Waals surface area contributed by atoms with Gasteiger partial charge < -0.3 is 14.2 Å². The summed E-state index contributed by atoms with van der Waals surface area (Å²) in [5.41, 5.74) is 3.27. The van der Waals surface area contributed by atoms with Crippen molar-refractivity contribution in [1.82, 2.24) is 5.48 Å². The average molecular weight is 484 g/mol. The van der Waals surface area contributed by atoms with Crippen molar-refractivity contribution in [3.63, 3.8) is 0 Å². The van der Waals surface area contributed by atoms with Crippen molar-refractivity contribution < 1.29 is 19.0 Å². The standard InChI is InChI=1S/C19H22Cl4N2O4/c1-14(25-29-10-6-24)13-26-7-3-2-4-8-28-19-16(20)11-15(12-17(19)21)27-9-5-18(22)23/h5,11-13,25H,2-4,7-10H2,1H3. The predicted octanol–water partition coefficient (Wildman–Crippen LogP) is 6.16. The quantitative estimate of drug-likeness (QED) is 0.194. The van der Waals surface area contributed by atoms with E-state index in [1.807, 2.05) is 6.07 Å². The lowest BCUT2D eigenvalue weighted by atomic mass is 10.2. The van der Waals surface area contributed by atoms with Crippen molar-refractivity contribution in [1.29, 1.82) is 5.26 Å². The molecule has 0 fully saturated rings. The first-order valence-corrected chi connectivity index (χ1v) is 10.2. The largest absolute Gasteiger partial charge is 0.499 e.